The SMILES string of the molecule is C#CCOc1c(Cl)cc(/C=N/NCc2ccc(OC)c(OC)c2)cc1OCC. The Labute approximate surface area is 170 Å². The van der Waals surface area contributed by atoms with Crippen molar-refractivity contribution in [2.75, 3.05) is 27.4 Å². The smallest absolute Gasteiger partial charge is 0.181 e. The Morgan fingerprint density at radius 1 is 1.11 bits per heavy atom. The van der Waals surface area contributed by atoms with Crippen molar-refractivity contribution in [3.05, 3.63) is 46.5 Å². The molecule has 2 rings (SSSR count). The number of hydrogen-bond donors (Lipinski definition) is 1. The highest BCUT2D eigenvalue weighted by molar-refractivity contribution is 6.32. The highest BCUT2D eigenvalue weighted by atomic mass is 35.5. The summed E-state index contributed by atoms with van der Waals surface area (Å²) in [6.45, 7) is 2.98. The molecule has 2 aromatic carbocycles. The van der Waals surface area contributed by atoms with Crippen molar-refractivity contribution >= 4 is 17.8 Å². The number of hydrazone groups is 1. The Hall–Kier alpha value is -3.04. The van der Waals surface area contributed by atoms with Crippen molar-refractivity contribution < 1.29 is 18.9 Å². The summed E-state index contributed by atoms with van der Waals surface area (Å²) in [6.07, 6.45) is 6.89. The third kappa shape index (κ3) is 5.73. The minimum atomic E-state index is 0.111. The van der Waals surface area contributed by atoms with E-state index in [1.165, 1.54) is 0 Å². The Bertz CT molecular complexity index is 862. The second kappa shape index (κ2) is 11.0. The first-order valence-electron chi connectivity index (χ1n) is 8.62. The number of terminal acetylenes is 1. The Balaban J connectivity index is 2.06. The first-order valence-corrected chi connectivity index (χ1v) is 9.00. The number of halogens is 1. The van der Waals surface area contributed by atoms with Crippen molar-refractivity contribution in [1.82, 2.24) is 5.43 Å². The van der Waals surface area contributed by atoms with E-state index >= 15 is 0 Å². The van der Waals surface area contributed by atoms with Crippen molar-refractivity contribution in [3.63, 3.8) is 0 Å². The standard InChI is InChI=1S/C21H23ClN2O4/c1-5-9-28-21-17(22)10-16(12-20(21)27-6-2)14-24-23-13-15-7-8-18(25-3)19(11-15)26-4/h1,7-8,10-12,14,23H,6,9,13H2,2-4H3/b24-14+. The van der Waals surface area contributed by atoms with Crippen LogP contribution in [0.5, 0.6) is 23.0 Å². The summed E-state index contributed by atoms with van der Waals surface area (Å²) in [5.74, 6) is 4.71. The van der Waals surface area contributed by atoms with E-state index in [0.717, 1.165) is 11.1 Å². The van der Waals surface area contributed by atoms with Gasteiger partial charge in [-0.25, -0.2) is 0 Å². The molecule has 1 N–H and O–H groups in total. The summed E-state index contributed by atoms with van der Waals surface area (Å²) in [4.78, 5) is 0. The van der Waals surface area contributed by atoms with Crippen LogP contribution >= 0.6 is 11.6 Å². The zero-order valence-electron chi connectivity index (χ0n) is 16.1. The van der Waals surface area contributed by atoms with E-state index in [0.29, 0.717) is 41.2 Å². The van der Waals surface area contributed by atoms with E-state index in [2.05, 4.69) is 16.4 Å². The summed E-state index contributed by atoms with van der Waals surface area (Å²) in [5.41, 5.74) is 4.76. The summed E-state index contributed by atoms with van der Waals surface area (Å²) in [5, 5.41) is 4.64. The zero-order valence-corrected chi connectivity index (χ0v) is 16.9. The van der Waals surface area contributed by atoms with E-state index in [9.17, 15) is 0 Å². The third-order valence-corrected chi connectivity index (χ3v) is 3.95. The maximum Gasteiger partial charge on any atom is 0.181 e. The van der Waals surface area contributed by atoms with Gasteiger partial charge in [0.2, 0.25) is 0 Å². The Morgan fingerprint density at radius 3 is 2.57 bits per heavy atom. The summed E-state index contributed by atoms with van der Waals surface area (Å²) >= 11 is 6.30. The number of methoxy groups -OCH3 is 2. The van der Waals surface area contributed by atoms with Crippen LogP contribution in [0.15, 0.2) is 35.4 Å². The van der Waals surface area contributed by atoms with Gasteiger partial charge >= 0.3 is 0 Å². The predicted octanol–water partition coefficient (Wildman–Crippen LogP) is 3.89. The molecule has 0 fully saturated rings. The molecular formula is C21H23ClN2O4. The number of benzene rings is 2. The number of hydrogen-bond acceptors (Lipinski definition) is 6. The van der Waals surface area contributed by atoms with Crippen molar-refractivity contribution in [2.45, 2.75) is 13.5 Å². The normalized spacial score (nSPS) is 10.4. The lowest BCUT2D eigenvalue weighted by molar-refractivity contribution is 0.299. The quantitative estimate of drug-likeness (QED) is 0.371. The number of rotatable bonds is 10. The van der Waals surface area contributed by atoms with E-state index in [1.54, 1.807) is 32.6 Å². The second-order valence-electron chi connectivity index (χ2n) is 5.54. The van der Waals surface area contributed by atoms with Crippen molar-refractivity contribution in [1.29, 1.82) is 0 Å². The van der Waals surface area contributed by atoms with E-state index in [4.69, 9.17) is 37.0 Å². The predicted molar refractivity (Wildman–Crippen MR) is 111 cm³/mol. The lowest BCUT2D eigenvalue weighted by Crippen LogP contribution is -2.06. The highest BCUT2D eigenvalue weighted by Gasteiger charge is 2.12. The maximum atomic E-state index is 6.30. The topological polar surface area (TPSA) is 61.3 Å². The van der Waals surface area contributed by atoms with E-state index in [-0.39, 0.29) is 6.61 Å². The van der Waals surface area contributed by atoms with Crippen LogP contribution in [0.3, 0.4) is 0 Å². The largest absolute Gasteiger partial charge is 0.493 e. The molecule has 0 atom stereocenters. The van der Waals surface area contributed by atoms with Crippen LogP contribution in [0, 0.1) is 12.3 Å². The fraction of sp³-hybridized carbons (Fsp3) is 0.286. The summed E-state index contributed by atoms with van der Waals surface area (Å²) < 4.78 is 21.6. The van der Waals surface area contributed by atoms with Crippen LogP contribution in [0.1, 0.15) is 18.1 Å². The third-order valence-electron chi connectivity index (χ3n) is 3.67. The maximum absolute atomic E-state index is 6.30. The fourth-order valence-corrected chi connectivity index (χ4v) is 2.70. The highest BCUT2D eigenvalue weighted by Crippen LogP contribution is 2.36. The van der Waals surface area contributed by atoms with Crippen LogP contribution in [-0.4, -0.2) is 33.6 Å². The molecule has 0 aromatic heterocycles. The molecule has 0 aliphatic heterocycles. The minimum Gasteiger partial charge on any atom is -0.493 e. The molecule has 148 valence electrons. The van der Waals surface area contributed by atoms with Gasteiger partial charge in [-0.3, -0.25) is 0 Å². The minimum absolute atomic E-state index is 0.111. The van der Waals surface area contributed by atoms with Gasteiger partial charge < -0.3 is 24.4 Å². The molecule has 0 unspecified atom stereocenters. The second-order valence-corrected chi connectivity index (χ2v) is 5.95. The van der Waals surface area contributed by atoms with Crippen LogP contribution in [0.4, 0.5) is 0 Å². The molecule has 2 aromatic rings. The van der Waals surface area contributed by atoms with E-state index < -0.39 is 0 Å². The van der Waals surface area contributed by atoms with Gasteiger partial charge in [-0.15, -0.1) is 6.42 Å². The molecule has 0 radical (unpaired) electrons. The first kappa shape index (κ1) is 21.3. The van der Waals surface area contributed by atoms with Crippen LogP contribution < -0.4 is 24.4 Å². The van der Waals surface area contributed by atoms with Crippen LogP contribution in [0.25, 0.3) is 0 Å². The van der Waals surface area contributed by atoms with Crippen molar-refractivity contribution in [2.24, 2.45) is 5.10 Å². The van der Waals surface area contributed by atoms with Gasteiger partial charge in [-0.1, -0.05) is 23.6 Å². The number of nitrogens with zero attached hydrogens (tertiary/aromatic N) is 1. The molecule has 0 amide bonds. The molecular weight excluding hydrogens is 380 g/mol. The molecule has 0 heterocycles. The van der Waals surface area contributed by atoms with Gasteiger partial charge in [-0.2, -0.15) is 5.10 Å². The molecule has 6 nitrogen and oxygen atoms in total. The monoisotopic (exact) mass is 402 g/mol. The average molecular weight is 403 g/mol. The van der Waals surface area contributed by atoms with Crippen LogP contribution in [0.2, 0.25) is 5.02 Å². The molecule has 0 saturated carbocycles. The molecule has 0 bridgehead atoms. The summed E-state index contributed by atoms with van der Waals surface area (Å²) in [7, 11) is 3.20. The van der Waals surface area contributed by atoms with E-state index in [1.807, 2.05) is 25.1 Å². The number of ether oxygens (including phenoxy) is 4. The van der Waals surface area contributed by atoms with Gasteiger partial charge in [0.1, 0.15) is 6.61 Å². The van der Waals surface area contributed by atoms with Crippen LogP contribution in [-0.2, 0) is 6.54 Å². The molecule has 7 heteroatoms. The van der Waals surface area contributed by atoms with Gasteiger partial charge in [-0.05, 0) is 42.3 Å². The van der Waals surface area contributed by atoms with Crippen molar-refractivity contribution in [3.8, 4) is 35.3 Å². The molecule has 0 aliphatic rings. The Morgan fingerprint density at radius 2 is 1.89 bits per heavy atom. The zero-order chi connectivity index (χ0) is 20.4. The average Bonchev–Trinajstić information content (AvgIpc) is 2.70. The summed E-state index contributed by atoms with van der Waals surface area (Å²) in [6, 6.07) is 9.21. The first-order chi connectivity index (χ1) is 13.6. The van der Waals surface area contributed by atoms with Gasteiger partial charge in [0.15, 0.2) is 23.0 Å². The Kier molecular flexibility index (Phi) is 8.32. The van der Waals surface area contributed by atoms with Gasteiger partial charge in [0.05, 0.1) is 38.6 Å². The fourth-order valence-electron chi connectivity index (χ4n) is 2.43. The molecule has 0 saturated heterocycles. The lowest BCUT2D eigenvalue weighted by atomic mass is 10.2. The molecule has 28 heavy (non-hydrogen) atoms. The molecule has 0 aliphatic carbocycles. The van der Waals surface area contributed by atoms with Gasteiger partial charge in [0.25, 0.3) is 0 Å². The lowest BCUT2D eigenvalue weighted by Gasteiger charge is -2.13. The molecule has 0 spiro atoms. The number of nitrogens with one attached hydrogen (secondary N) is 1. The van der Waals surface area contributed by atoms with Gasteiger partial charge in [0, 0.05) is 0 Å².